The van der Waals surface area contributed by atoms with Gasteiger partial charge in [0.05, 0.1) is 17.6 Å². The topological polar surface area (TPSA) is 115 Å². The quantitative estimate of drug-likeness (QED) is 0.301. The van der Waals surface area contributed by atoms with E-state index < -0.39 is 4.92 Å². The van der Waals surface area contributed by atoms with Crippen LogP contribution in [0.2, 0.25) is 0 Å². The van der Waals surface area contributed by atoms with E-state index in [2.05, 4.69) is 15.7 Å². The maximum Gasteiger partial charge on any atom is 0.311 e. The van der Waals surface area contributed by atoms with E-state index in [-0.39, 0.29) is 11.5 Å². The third-order valence-corrected chi connectivity index (χ3v) is 3.27. The van der Waals surface area contributed by atoms with E-state index in [1.165, 1.54) is 25.0 Å². The van der Waals surface area contributed by atoms with Gasteiger partial charge in [-0.15, -0.1) is 0 Å². The zero-order valence-electron chi connectivity index (χ0n) is 11.2. The molecule has 1 aliphatic rings. The molecular formula is C12H19N5O3. The Balaban J connectivity index is 1.88. The van der Waals surface area contributed by atoms with Crippen molar-refractivity contribution >= 4 is 17.3 Å². The van der Waals surface area contributed by atoms with Crippen LogP contribution >= 0.6 is 0 Å². The molecule has 1 saturated carbocycles. The van der Waals surface area contributed by atoms with Gasteiger partial charge in [-0.3, -0.25) is 10.1 Å². The Morgan fingerprint density at radius 2 is 2.20 bits per heavy atom. The standard InChI is InChI=1S/C12H19N5O3/c13-16-11-6-5-10(17(18)19)12(15-11)14-7-8-20-9-3-1-2-4-9/h5-6,9H,1-4,7-8,13H2,(H2,14,15,16). The van der Waals surface area contributed by atoms with Gasteiger partial charge < -0.3 is 15.5 Å². The molecule has 0 spiro atoms. The Morgan fingerprint density at radius 1 is 1.45 bits per heavy atom. The van der Waals surface area contributed by atoms with Gasteiger partial charge in [-0.2, -0.15) is 0 Å². The van der Waals surface area contributed by atoms with Crippen molar-refractivity contribution in [3.8, 4) is 0 Å². The zero-order chi connectivity index (χ0) is 14.4. The molecule has 0 aliphatic heterocycles. The number of rotatable bonds is 7. The number of aromatic nitrogens is 1. The molecule has 1 aliphatic carbocycles. The number of anilines is 2. The Hall–Kier alpha value is -1.93. The number of ether oxygens (including phenoxy) is 1. The van der Waals surface area contributed by atoms with Crippen molar-refractivity contribution in [1.82, 2.24) is 4.98 Å². The second-order valence-electron chi connectivity index (χ2n) is 4.67. The van der Waals surface area contributed by atoms with Crippen molar-refractivity contribution in [2.24, 2.45) is 5.84 Å². The average Bonchev–Trinajstić information content (AvgIpc) is 2.96. The van der Waals surface area contributed by atoms with E-state index in [9.17, 15) is 10.1 Å². The molecule has 8 heteroatoms. The molecule has 0 unspecified atom stereocenters. The lowest BCUT2D eigenvalue weighted by Crippen LogP contribution is -2.17. The minimum absolute atomic E-state index is 0.0788. The molecule has 110 valence electrons. The largest absolute Gasteiger partial charge is 0.376 e. The number of nitro groups is 1. The fourth-order valence-corrected chi connectivity index (χ4v) is 2.26. The first-order valence-corrected chi connectivity index (χ1v) is 6.68. The lowest BCUT2D eigenvalue weighted by molar-refractivity contribution is -0.384. The summed E-state index contributed by atoms with van der Waals surface area (Å²) in [6, 6.07) is 2.82. The highest BCUT2D eigenvalue weighted by atomic mass is 16.6. The van der Waals surface area contributed by atoms with Crippen molar-refractivity contribution in [2.45, 2.75) is 31.8 Å². The predicted octanol–water partition coefficient (Wildman–Crippen LogP) is 1.65. The molecule has 0 saturated heterocycles. The molecule has 1 aromatic rings. The van der Waals surface area contributed by atoms with Gasteiger partial charge >= 0.3 is 5.69 Å². The summed E-state index contributed by atoms with van der Waals surface area (Å²) in [7, 11) is 0. The Bertz CT molecular complexity index is 462. The monoisotopic (exact) mass is 281 g/mol. The van der Waals surface area contributed by atoms with E-state index in [4.69, 9.17) is 10.6 Å². The third-order valence-electron chi connectivity index (χ3n) is 3.27. The fourth-order valence-electron chi connectivity index (χ4n) is 2.26. The molecule has 0 aromatic carbocycles. The predicted molar refractivity (Wildman–Crippen MR) is 75.4 cm³/mol. The van der Waals surface area contributed by atoms with E-state index in [0.29, 0.717) is 25.1 Å². The highest BCUT2D eigenvalue weighted by Crippen LogP contribution is 2.24. The second kappa shape index (κ2) is 7.01. The summed E-state index contributed by atoms with van der Waals surface area (Å²) in [6.45, 7) is 0.974. The lowest BCUT2D eigenvalue weighted by atomic mass is 10.3. The van der Waals surface area contributed by atoms with E-state index in [1.807, 2.05) is 0 Å². The van der Waals surface area contributed by atoms with Gasteiger partial charge in [0.1, 0.15) is 5.82 Å². The van der Waals surface area contributed by atoms with Crippen molar-refractivity contribution in [3.63, 3.8) is 0 Å². The first-order chi connectivity index (χ1) is 9.70. The van der Waals surface area contributed by atoms with Gasteiger partial charge in [0.25, 0.3) is 0 Å². The average molecular weight is 281 g/mol. The van der Waals surface area contributed by atoms with Gasteiger partial charge in [0.2, 0.25) is 5.82 Å². The van der Waals surface area contributed by atoms with Crippen molar-refractivity contribution < 1.29 is 9.66 Å². The summed E-state index contributed by atoms with van der Waals surface area (Å²) in [6.07, 6.45) is 4.97. The normalized spacial score (nSPS) is 15.2. The number of nitrogens with one attached hydrogen (secondary N) is 2. The van der Waals surface area contributed by atoms with Gasteiger partial charge in [-0.05, 0) is 18.9 Å². The minimum Gasteiger partial charge on any atom is -0.376 e. The molecule has 4 N–H and O–H groups in total. The Labute approximate surface area is 116 Å². The van der Waals surface area contributed by atoms with E-state index in [0.717, 1.165) is 12.8 Å². The molecule has 0 radical (unpaired) electrons. The van der Waals surface area contributed by atoms with Crippen molar-refractivity contribution in [2.75, 3.05) is 23.9 Å². The van der Waals surface area contributed by atoms with Gasteiger partial charge in [0.15, 0.2) is 0 Å². The molecule has 0 amide bonds. The fraction of sp³-hybridized carbons (Fsp3) is 0.583. The Morgan fingerprint density at radius 3 is 2.85 bits per heavy atom. The zero-order valence-corrected chi connectivity index (χ0v) is 11.2. The summed E-state index contributed by atoms with van der Waals surface area (Å²) >= 11 is 0. The molecule has 20 heavy (non-hydrogen) atoms. The molecule has 0 atom stereocenters. The summed E-state index contributed by atoms with van der Waals surface area (Å²) in [4.78, 5) is 14.5. The number of pyridine rings is 1. The van der Waals surface area contributed by atoms with Crippen LogP contribution in [0.1, 0.15) is 25.7 Å². The van der Waals surface area contributed by atoms with E-state index in [1.54, 1.807) is 0 Å². The maximum absolute atomic E-state index is 10.9. The van der Waals surface area contributed by atoms with Crippen LogP contribution < -0.4 is 16.6 Å². The summed E-state index contributed by atoms with van der Waals surface area (Å²) in [5.41, 5.74) is 2.28. The highest BCUT2D eigenvalue weighted by Gasteiger charge is 2.17. The molecule has 1 aromatic heterocycles. The molecule has 1 fully saturated rings. The molecule has 0 bridgehead atoms. The summed E-state index contributed by atoms with van der Waals surface area (Å²) in [5.74, 6) is 5.81. The second-order valence-corrected chi connectivity index (χ2v) is 4.67. The molecule has 8 nitrogen and oxygen atoms in total. The van der Waals surface area contributed by atoms with Gasteiger partial charge in [-0.25, -0.2) is 10.8 Å². The van der Waals surface area contributed by atoms with Gasteiger partial charge in [0, 0.05) is 12.6 Å². The first-order valence-electron chi connectivity index (χ1n) is 6.68. The van der Waals surface area contributed by atoms with Crippen molar-refractivity contribution in [3.05, 3.63) is 22.2 Å². The SMILES string of the molecule is NNc1ccc([N+](=O)[O-])c(NCCOC2CCCC2)n1. The highest BCUT2D eigenvalue weighted by molar-refractivity contribution is 5.59. The Kier molecular flexibility index (Phi) is 5.08. The molecular weight excluding hydrogens is 262 g/mol. The number of hydrogen-bond acceptors (Lipinski definition) is 7. The van der Waals surface area contributed by atoms with Crippen LogP contribution in [0.15, 0.2) is 12.1 Å². The maximum atomic E-state index is 10.9. The molecule has 1 heterocycles. The number of nitrogens with two attached hydrogens (primary N) is 1. The number of nitrogen functional groups attached to an aromatic ring is 1. The van der Waals surface area contributed by atoms with E-state index >= 15 is 0 Å². The third kappa shape index (κ3) is 3.78. The smallest absolute Gasteiger partial charge is 0.311 e. The molecule has 2 rings (SSSR count). The van der Waals surface area contributed by atoms with Crippen LogP contribution in [0.3, 0.4) is 0 Å². The van der Waals surface area contributed by atoms with Crippen molar-refractivity contribution in [1.29, 1.82) is 0 Å². The summed E-state index contributed by atoms with van der Waals surface area (Å²) < 4.78 is 5.68. The van der Waals surface area contributed by atoms with Crippen LogP contribution in [0.25, 0.3) is 0 Å². The minimum atomic E-state index is -0.479. The van der Waals surface area contributed by atoms with Crippen LogP contribution in [-0.4, -0.2) is 29.2 Å². The van der Waals surface area contributed by atoms with Crippen LogP contribution in [-0.2, 0) is 4.74 Å². The van der Waals surface area contributed by atoms with Crippen LogP contribution in [0, 0.1) is 10.1 Å². The summed E-state index contributed by atoms with van der Waals surface area (Å²) in [5, 5.41) is 13.8. The number of hydrazine groups is 1. The number of nitrogens with zero attached hydrogens (tertiary/aromatic N) is 2. The first kappa shape index (κ1) is 14.5. The number of hydrogen-bond donors (Lipinski definition) is 3. The van der Waals surface area contributed by atoms with Crippen LogP contribution in [0.4, 0.5) is 17.3 Å². The van der Waals surface area contributed by atoms with Gasteiger partial charge in [-0.1, -0.05) is 12.8 Å². The lowest BCUT2D eigenvalue weighted by Gasteiger charge is -2.12. The van der Waals surface area contributed by atoms with Crippen LogP contribution in [0.5, 0.6) is 0 Å².